The van der Waals surface area contributed by atoms with Gasteiger partial charge in [0.1, 0.15) is 5.57 Å². The molecule has 6 heteroatoms. The van der Waals surface area contributed by atoms with Gasteiger partial charge >= 0.3 is 0 Å². The zero-order chi connectivity index (χ0) is 19.8. The number of aryl methyl sites for hydroxylation is 2. The van der Waals surface area contributed by atoms with Gasteiger partial charge in [-0.1, -0.05) is 18.9 Å². The molecule has 1 aromatic carbocycles. The molecular formula is C22H23N3O2S. The molecule has 144 valence electrons. The Balaban J connectivity index is 1.65. The molecule has 0 unspecified atom stereocenters. The lowest BCUT2D eigenvalue weighted by Gasteiger charge is -2.29. The summed E-state index contributed by atoms with van der Waals surface area (Å²) in [4.78, 5) is 27.0. The number of nitrogens with one attached hydrogen (secondary N) is 1. The maximum absolute atomic E-state index is 13.1. The highest BCUT2D eigenvalue weighted by Crippen LogP contribution is 2.30. The molecule has 2 heterocycles. The van der Waals surface area contributed by atoms with Crippen LogP contribution in [-0.2, 0) is 9.59 Å². The molecular weight excluding hydrogens is 370 g/mol. The van der Waals surface area contributed by atoms with Gasteiger partial charge in [0.2, 0.25) is 0 Å². The Labute approximate surface area is 170 Å². The minimum Gasteiger partial charge on any atom is -0.351 e. The first-order valence-corrected chi connectivity index (χ1v) is 10.0. The summed E-state index contributed by atoms with van der Waals surface area (Å²) in [6.45, 7) is 3.99. The Hall–Kier alpha value is -2.73. The number of rotatable bonds is 3. The number of carbonyl (C=O) groups is 2. The monoisotopic (exact) mass is 393 g/mol. The first-order chi connectivity index (χ1) is 13.4. The molecule has 1 aromatic heterocycles. The van der Waals surface area contributed by atoms with E-state index in [-0.39, 0.29) is 10.7 Å². The van der Waals surface area contributed by atoms with Crippen molar-refractivity contribution in [3.05, 3.63) is 58.9 Å². The van der Waals surface area contributed by atoms with Crippen LogP contribution in [0.15, 0.2) is 42.2 Å². The van der Waals surface area contributed by atoms with Crippen molar-refractivity contribution in [2.24, 2.45) is 0 Å². The summed E-state index contributed by atoms with van der Waals surface area (Å²) in [5.41, 5.74) is 3.79. The number of carbonyl (C=O) groups excluding carboxylic acids is 2. The fourth-order valence-electron chi connectivity index (χ4n) is 3.87. The lowest BCUT2D eigenvalue weighted by Crippen LogP contribution is -2.54. The van der Waals surface area contributed by atoms with Crippen LogP contribution in [0, 0.1) is 13.8 Å². The minimum atomic E-state index is -0.455. The van der Waals surface area contributed by atoms with Crippen LogP contribution < -0.4 is 10.2 Å². The molecule has 1 N–H and O–H groups in total. The predicted molar refractivity (Wildman–Crippen MR) is 114 cm³/mol. The Morgan fingerprint density at radius 3 is 2.57 bits per heavy atom. The van der Waals surface area contributed by atoms with Crippen molar-refractivity contribution in [3.8, 4) is 0 Å². The molecule has 1 aliphatic carbocycles. The minimum absolute atomic E-state index is 0.0935. The summed E-state index contributed by atoms with van der Waals surface area (Å²) in [6.07, 6.45) is 10.6. The highest BCUT2D eigenvalue weighted by Gasteiger charge is 2.34. The summed E-state index contributed by atoms with van der Waals surface area (Å²) in [5, 5.41) is 2.76. The van der Waals surface area contributed by atoms with Gasteiger partial charge in [-0.2, -0.15) is 0 Å². The van der Waals surface area contributed by atoms with Crippen molar-refractivity contribution < 1.29 is 9.59 Å². The molecule has 0 spiro atoms. The number of benzene rings is 1. The molecule has 0 bridgehead atoms. The van der Waals surface area contributed by atoms with Gasteiger partial charge in [0.05, 0.1) is 5.69 Å². The molecule has 5 nitrogen and oxygen atoms in total. The number of thiocarbonyl (C=S) groups is 1. The molecule has 2 aromatic rings. The lowest BCUT2D eigenvalue weighted by atomic mass is 10.1. The number of amides is 2. The van der Waals surface area contributed by atoms with Crippen LogP contribution in [0.25, 0.3) is 6.08 Å². The fourth-order valence-corrected chi connectivity index (χ4v) is 4.15. The van der Waals surface area contributed by atoms with Crippen LogP contribution in [0.5, 0.6) is 0 Å². The van der Waals surface area contributed by atoms with Crippen LogP contribution in [0.3, 0.4) is 0 Å². The van der Waals surface area contributed by atoms with Crippen LogP contribution >= 0.6 is 12.2 Å². The van der Waals surface area contributed by atoms with Gasteiger partial charge in [0, 0.05) is 18.4 Å². The van der Waals surface area contributed by atoms with E-state index >= 15 is 0 Å². The van der Waals surface area contributed by atoms with Gasteiger partial charge in [-0.3, -0.25) is 19.8 Å². The number of hydrogen-bond acceptors (Lipinski definition) is 3. The molecule has 1 aliphatic heterocycles. The van der Waals surface area contributed by atoms with Crippen molar-refractivity contribution in [2.45, 2.75) is 45.6 Å². The molecule has 2 amide bonds. The second-order valence-electron chi connectivity index (χ2n) is 7.56. The third kappa shape index (κ3) is 3.40. The van der Waals surface area contributed by atoms with E-state index < -0.39 is 11.8 Å². The Kier molecular flexibility index (Phi) is 4.89. The largest absolute Gasteiger partial charge is 0.351 e. The van der Waals surface area contributed by atoms with Crippen LogP contribution in [-0.4, -0.2) is 21.5 Å². The lowest BCUT2D eigenvalue weighted by molar-refractivity contribution is -0.122. The molecule has 0 radical (unpaired) electrons. The second kappa shape index (κ2) is 7.36. The molecule has 0 atom stereocenters. The summed E-state index contributed by atoms with van der Waals surface area (Å²) in [7, 11) is 0. The average Bonchev–Trinajstić information content (AvgIpc) is 3.33. The van der Waals surface area contributed by atoms with Gasteiger partial charge in [-0.15, -0.1) is 0 Å². The van der Waals surface area contributed by atoms with E-state index in [0.29, 0.717) is 11.7 Å². The van der Waals surface area contributed by atoms with Gasteiger partial charge in [0.15, 0.2) is 5.11 Å². The Bertz CT molecular complexity index is 999. The highest BCUT2D eigenvalue weighted by molar-refractivity contribution is 7.80. The van der Waals surface area contributed by atoms with Gasteiger partial charge in [-0.25, -0.2) is 0 Å². The zero-order valence-electron chi connectivity index (χ0n) is 16.1. The summed E-state index contributed by atoms with van der Waals surface area (Å²) >= 11 is 5.28. The van der Waals surface area contributed by atoms with E-state index in [0.717, 1.165) is 16.7 Å². The number of aromatic nitrogens is 1. The van der Waals surface area contributed by atoms with E-state index in [4.69, 9.17) is 12.2 Å². The first-order valence-electron chi connectivity index (χ1n) is 9.60. The van der Waals surface area contributed by atoms with Crippen molar-refractivity contribution in [1.29, 1.82) is 0 Å². The summed E-state index contributed by atoms with van der Waals surface area (Å²) in [5.74, 6) is -0.852. The van der Waals surface area contributed by atoms with Crippen LogP contribution in [0.2, 0.25) is 0 Å². The van der Waals surface area contributed by atoms with E-state index in [2.05, 4.69) is 9.88 Å². The number of hydrogen-bond donors (Lipinski definition) is 1. The molecule has 1 saturated carbocycles. The third-order valence-corrected chi connectivity index (χ3v) is 5.93. The molecule has 2 fully saturated rings. The highest BCUT2D eigenvalue weighted by atomic mass is 32.1. The smallest absolute Gasteiger partial charge is 0.270 e. The van der Waals surface area contributed by atoms with Gasteiger partial charge in [0.25, 0.3) is 11.8 Å². The molecule has 4 rings (SSSR count). The Morgan fingerprint density at radius 2 is 1.86 bits per heavy atom. The SMILES string of the molecule is Cc1ccc(N2C(=O)/C(=C\c3ccn(C4CCCC4)c3)C(=O)NC2=S)cc1C. The summed E-state index contributed by atoms with van der Waals surface area (Å²) < 4.78 is 2.19. The van der Waals surface area contributed by atoms with Gasteiger partial charge in [-0.05, 0) is 79.9 Å². The quantitative estimate of drug-likeness (QED) is 0.486. The fraction of sp³-hybridized carbons (Fsp3) is 0.318. The predicted octanol–water partition coefficient (Wildman–Crippen LogP) is 4.05. The van der Waals surface area contributed by atoms with E-state index in [1.165, 1.54) is 30.6 Å². The van der Waals surface area contributed by atoms with Crippen molar-refractivity contribution in [2.75, 3.05) is 4.90 Å². The van der Waals surface area contributed by atoms with Crippen LogP contribution in [0.1, 0.15) is 48.4 Å². The Morgan fingerprint density at radius 1 is 1.11 bits per heavy atom. The van der Waals surface area contributed by atoms with E-state index in [1.807, 2.05) is 50.5 Å². The second-order valence-corrected chi connectivity index (χ2v) is 7.94. The molecule has 28 heavy (non-hydrogen) atoms. The summed E-state index contributed by atoms with van der Waals surface area (Å²) in [6, 6.07) is 8.16. The van der Waals surface area contributed by atoms with E-state index in [9.17, 15) is 9.59 Å². The topological polar surface area (TPSA) is 54.3 Å². The maximum atomic E-state index is 13.1. The number of nitrogens with zero attached hydrogens (tertiary/aromatic N) is 2. The van der Waals surface area contributed by atoms with Crippen molar-refractivity contribution in [3.63, 3.8) is 0 Å². The molecule has 2 aliphatic rings. The standard InChI is InChI=1S/C22H23N3O2S/c1-14-7-8-18(11-15(14)2)25-21(27)19(20(26)23-22(25)28)12-16-9-10-24(13-16)17-5-3-4-6-17/h7-13,17H,3-6H2,1-2H3,(H,23,26,28)/b19-12-. The normalized spacial score (nSPS) is 19.6. The van der Waals surface area contributed by atoms with Crippen molar-refractivity contribution >= 4 is 40.9 Å². The third-order valence-electron chi connectivity index (χ3n) is 5.64. The van der Waals surface area contributed by atoms with Gasteiger partial charge < -0.3 is 4.57 Å². The van der Waals surface area contributed by atoms with Crippen molar-refractivity contribution in [1.82, 2.24) is 9.88 Å². The average molecular weight is 394 g/mol. The first kappa shape index (κ1) is 18.6. The van der Waals surface area contributed by atoms with Crippen LogP contribution in [0.4, 0.5) is 5.69 Å². The zero-order valence-corrected chi connectivity index (χ0v) is 16.9. The maximum Gasteiger partial charge on any atom is 0.270 e. The molecule has 1 saturated heterocycles. The van der Waals surface area contributed by atoms with E-state index in [1.54, 1.807) is 6.08 Å². The number of anilines is 1.